The maximum atomic E-state index is 12.8. The molecule has 2 aromatic rings. The van der Waals surface area contributed by atoms with Crippen LogP contribution in [0.2, 0.25) is 5.15 Å². The number of methoxy groups -OCH3 is 1. The molecule has 2 atom stereocenters. The van der Waals surface area contributed by atoms with Crippen molar-refractivity contribution in [3.8, 4) is 0 Å². The van der Waals surface area contributed by atoms with Crippen LogP contribution in [0.15, 0.2) is 42.6 Å². The molecule has 2 N–H and O–H groups in total. The Morgan fingerprint density at radius 3 is 2.81 bits per heavy atom. The molecular formula is C20H22ClN3O2. The van der Waals surface area contributed by atoms with Crippen molar-refractivity contribution in [1.29, 1.82) is 0 Å². The van der Waals surface area contributed by atoms with Crippen LogP contribution in [0.25, 0.3) is 0 Å². The number of nitrogens with zero attached hydrogens (tertiary/aromatic N) is 1. The lowest BCUT2D eigenvalue weighted by molar-refractivity contribution is 0.00397. The molecule has 5 nitrogen and oxygen atoms in total. The van der Waals surface area contributed by atoms with Gasteiger partial charge in [-0.15, -0.1) is 0 Å². The molecule has 1 saturated heterocycles. The smallest absolute Gasteiger partial charge is 0.252 e. The SMILES string of the molecule is CO[C@H]1[C@H](NC(=O)c2ccnc(Cl)c2)c2ccccc2C12CCNCC2. The first-order valence-corrected chi connectivity index (χ1v) is 9.29. The molecule has 1 aliphatic carbocycles. The van der Waals surface area contributed by atoms with Gasteiger partial charge in [-0.1, -0.05) is 35.9 Å². The second-order valence-corrected chi connectivity index (χ2v) is 7.36. The molecule has 0 saturated carbocycles. The van der Waals surface area contributed by atoms with Gasteiger partial charge in [-0.2, -0.15) is 0 Å². The van der Waals surface area contributed by atoms with Gasteiger partial charge in [0.25, 0.3) is 5.91 Å². The molecule has 4 rings (SSSR count). The van der Waals surface area contributed by atoms with E-state index >= 15 is 0 Å². The Bertz CT molecular complexity index is 820. The number of hydrogen-bond donors (Lipinski definition) is 2. The third-order valence-electron chi connectivity index (χ3n) is 5.70. The molecule has 2 aliphatic rings. The molecule has 0 unspecified atom stereocenters. The summed E-state index contributed by atoms with van der Waals surface area (Å²) in [6.45, 7) is 1.91. The molecule has 1 aromatic heterocycles. The van der Waals surface area contributed by atoms with Gasteiger partial charge in [-0.3, -0.25) is 4.79 Å². The molecule has 1 aliphatic heterocycles. The van der Waals surface area contributed by atoms with E-state index in [4.69, 9.17) is 16.3 Å². The van der Waals surface area contributed by atoms with Crippen LogP contribution in [0.1, 0.15) is 40.4 Å². The van der Waals surface area contributed by atoms with Crippen LogP contribution in [0, 0.1) is 0 Å². The van der Waals surface area contributed by atoms with E-state index in [1.54, 1.807) is 25.4 Å². The Balaban J connectivity index is 1.70. The number of halogens is 1. The van der Waals surface area contributed by atoms with Gasteiger partial charge in [0.05, 0.1) is 12.1 Å². The number of benzene rings is 1. The van der Waals surface area contributed by atoms with Crippen LogP contribution in [-0.4, -0.2) is 37.2 Å². The lowest BCUT2D eigenvalue weighted by Gasteiger charge is -2.40. The minimum Gasteiger partial charge on any atom is -0.378 e. The predicted molar refractivity (Wildman–Crippen MR) is 100 cm³/mol. The third kappa shape index (κ3) is 2.80. The fraction of sp³-hybridized carbons (Fsp3) is 0.400. The minimum absolute atomic E-state index is 0.0651. The van der Waals surface area contributed by atoms with Crippen LogP contribution in [0.5, 0.6) is 0 Å². The Labute approximate surface area is 158 Å². The molecule has 26 heavy (non-hydrogen) atoms. The zero-order valence-corrected chi connectivity index (χ0v) is 15.4. The van der Waals surface area contributed by atoms with Gasteiger partial charge in [-0.05, 0) is 49.2 Å². The zero-order valence-electron chi connectivity index (χ0n) is 14.7. The van der Waals surface area contributed by atoms with Crippen LogP contribution in [0.3, 0.4) is 0 Å². The fourth-order valence-electron chi connectivity index (χ4n) is 4.57. The summed E-state index contributed by atoms with van der Waals surface area (Å²) in [6, 6.07) is 11.4. The maximum Gasteiger partial charge on any atom is 0.252 e. The number of fused-ring (bicyclic) bond motifs is 2. The summed E-state index contributed by atoms with van der Waals surface area (Å²) in [7, 11) is 1.74. The maximum absolute atomic E-state index is 12.8. The summed E-state index contributed by atoms with van der Waals surface area (Å²) < 4.78 is 5.98. The fourth-order valence-corrected chi connectivity index (χ4v) is 4.74. The normalized spacial score (nSPS) is 23.6. The van der Waals surface area contributed by atoms with E-state index in [-0.39, 0.29) is 23.5 Å². The first-order valence-electron chi connectivity index (χ1n) is 8.91. The summed E-state index contributed by atoms with van der Waals surface area (Å²) in [5.74, 6) is -0.165. The summed E-state index contributed by atoms with van der Waals surface area (Å²) in [5.41, 5.74) is 2.88. The largest absolute Gasteiger partial charge is 0.378 e. The van der Waals surface area contributed by atoms with Gasteiger partial charge < -0.3 is 15.4 Å². The average molecular weight is 372 g/mol. The van der Waals surface area contributed by atoms with Crippen molar-refractivity contribution >= 4 is 17.5 Å². The predicted octanol–water partition coefficient (Wildman–Crippen LogP) is 2.86. The standard InChI is InChI=1S/C20H22ClN3O2/c1-26-18-17(24-19(25)13-6-9-23-16(21)12-13)14-4-2-3-5-15(14)20(18)7-10-22-11-8-20/h2-6,9,12,17-18,22H,7-8,10-11H2,1H3,(H,24,25)/t17-,18+/m1/s1. The molecule has 1 spiro atoms. The minimum atomic E-state index is -0.186. The Hall–Kier alpha value is -1.95. The number of pyridine rings is 1. The van der Waals surface area contributed by atoms with E-state index in [2.05, 4.69) is 33.8 Å². The van der Waals surface area contributed by atoms with E-state index in [0.29, 0.717) is 10.7 Å². The number of rotatable bonds is 3. The van der Waals surface area contributed by atoms with Gasteiger partial charge in [0.15, 0.2) is 0 Å². The van der Waals surface area contributed by atoms with E-state index in [1.807, 2.05) is 6.07 Å². The van der Waals surface area contributed by atoms with E-state index < -0.39 is 0 Å². The highest BCUT2D eigenvalue weighted by molar-refractivity contribution is 6.29. The second-order valence-electron chi connectivity index (χ2n) is 6.97. The number of aromatic nitrogens is 1. The molecule has 136 valence electrons. The Kier molecular flexibility index (Phi) is 4.69. The van der Waals surface area contributed by atoms with Crippen molar-refractivity contribution in [2.75, 3.05) is 20.2 Å². The van der Waals surface area contributed by atoms with Crippen molar-refractivity contribution in [3.63, 3.8) is 0 Å². The molecule has 1 amide bonds. The number of carbonyl (C=O) groups excluding carboxylic acids is 1. The number of piperidine rings is 1. The number of nitrogens with one attached hydrogen (secondary N) is 2. The highest BCUT2D eigenvalue weighted by atomic mass is 35.5. The average Bonchev–Trinajstić information content (AvgIpc) is 2.91. The van der Waals surface area contributed by atoms with E-state index in [0.717, 1.165) is 31.5 Å². The van der Waals surface area contributed by atoms with Gasteiger partial charge >= 0.3 is 0 Å². The van der Waals surface area contributed by atoms with Crippen LogP contribution in [0.4, 0.5) is 0 Å². The summed E-state index contributed by atoms with van der Waals surface area (Å²) in [5, 5.41) is 6.92. The van der Waals surface area contributed by atoms with Crippen molar-refractivity contribution in [2.45, 2.75) is 30.4 Å². The van der Waals surface area contributed by atoms with Crippen molar-refractivity contribution in [3.05, 3.63) is 64.4 Å². The van der Waals surface area contributed by atoms with Gasteiger partial charge in [0, 0.05) is 24.3 Å². The Morgan fingerprint density at radius 2 is 2.08 bits per heavy atom. The monoisotopic (exact) mass is 371 g/mol. The number of ether oxygens (including phenoxy) is 1. The molecule has 0 radical (unpaired) electrons. The van der Waals surface area contributed by atoms with Crippen LogP contribution < -0.4 is 10.6 Å². The van der Waals surface area contributed by atoms with Crippen LogP contribution in [-0.2, 0) is 10.2 Å². The second kappa shape index (κ2) is 6.99. The summed E-state index contributed by atoms with van der Waals surface area (Å²) >= 11 is 5.94. The molecule has 2 heterocycles. The summed E-state index contributed by atoms with van der Waals surface area (Å²) in [6.07, 6.45) is 3.44. The molecular weight excluding hydrogens is 350 g/mol. The van der Waals surface area contributed by atoms with Gasteiger partial charge in [0.2, 0.25) is 0 Å². The lowest BCUT2D eigenvalue weighted by Crippen LogP contribution is -2.49. The van der Waals surface area contributed by atoms with Crippen molar-refractivity contribution in [1.82, 2.24) is 15.6 Å². The molecule has 0 bridgehead atoms. The first kappa shape index (κ1) is 17.5. The van der Waals surface area contributed by atoms with Gasteiger partial charge in [-0.25, -0.2) is 4.98 Å². The third-order valence-corrected chi connectivity index (χ3v) is 5.91. The Morgan fingerprint density at radius 1 is 1.31 bits per heavy atom. The molecule has 1 aromatic carbocycles. The molecule has 1 fully saturated rings. The van der Waals surface area contributed by atoms with E-state index in [1.165, 1.54) is 5.56 Å². The highest BCUT2D eigenvalue weighted by Crippen LogP contribution is 2.51. The molecule has 6 heteroatoms. The number of hydrogen-bond acceptors (Lipinski definition) is 4. The van der Waals surface area contributed by atoms with Gasteiger partial charge in [0.1, 0.15) is 5.15 Å². The van der Waals surface area contributed by atoms with Crippen LogP contribution >= 0.6 is 11.6 Å². The highest BCUT2D eigenvalue weighted by Gasteiger charge is 2.53. The number of amides is 1. The van der Waals surface area contributed by atoms with E-state index in [9.17, 15) is 4.79 Å². The topological polar surface area (TPSA) is 63.2 Å². The summed E-state index contributed by atoms with van der Waals surface area (Å²) in [4.78, 5) is 16.8. The quantitative estimate of drug-likeness (QED) is 0.814. The lowest BCUT2D eigenvalue weighted by atomic mass is 9.72. The first-order chi connectivity index (χ1) is 12.7. The van der Waals surface area contributed by atoms with Crippen molar-refractivity contribution in [2.24, 2.45) is 0 Å². The number of carbonyl (C=O) groups is 1. The van der Waals surface area contributed by atoms with Crippen molar-refractivity contribution < 1.29 is 9.53 Å². The zero-order chi connectivity index (χ0) is 18.1.